The van der Waals surface area contributed by atoms with Gasteiger partial charge in [-0.15, -0.1) is 0 Å². The smallest absolute Gasteiger partial charge is 0.352 e. The summed E-state index contributed by atoms with van der Waals surface area (Å²) < 4.78 is 44.2. The van der Waals surface area contributed by atoms with E-state index in [0.29, 0.717) is 41.2 Å². The molecule has 0 aliphatic carbocycles. The van der Waals surface area contributed by atoms with Crippen LogP contribution in [0.5, 0.6) is 0 Å². The Kier molecular flexibility index (Phi) is 8.68. The summed E-state index contributed by atoms with van der Waals surface area (Å²) in [6.45, 7) is 2.86. The van der Waals surface area contributed by atoms with Crippen molar-refractivity contribution in [3.05, 3.63) is 99.6 Å². The molecular formula is C31H32F3N6O2+. The van der Waals surface area contributed by atoms with E-state index < -0.39 is 23.2 Å². The van der Waals surface area contributed by atoms with Crippen LogP contribution < -0.4 is 10.9 Å². The van der Waals surface area contributed by atoms with E-state index in [9.17, 15) is 22.8 Å². The molecule has 2 aromatic heterocycles. The van der Waals surface area contributed by atoms with Gasteiger partial charge in [-0.3, -0.25) is 14.2 Å². The second-order valence-corrected chi connectivity index (χ2v) is 11.0. The topological polar surface area (TPSA) is 92.7 Å². The largest absolute Gasteiger partial charge is 0.416 e. The van der Waals surface area contributed by atoms with Gasteiger partial charge in [-0.2, -0.15) is 23.5 Å². The van der Waals surface area contributed by atoms with Gasteiger partial charge in [0.25, 0.3) is 11.5 Å². The lowest BCUT2D eigenvalue weighted by atomic mass is 10.0. The molecule has 0 radical (unpaired) electrons. The molecule has 0 spiro atoms. The fourth-order valence-electron chi connectivity index (χ4n) is 4.66. The third-order valence-corrected chi connectivity index (χ3v) is 6.82. The third kappa shape index (κ3) is 6.78. The number of alkyl halides is 3. The van der Waals surface area contributed by atoms with Gasteiger partial charge in [-0.25, -0.2) is 4.68 Å². The van der Waals surface area contributed by atoms with Crippen LogP contribution in [-0.4, -0.2) is 59.0 Å². The van der Waals surface area contributed by atoms with Crippen molar-refractivity contribution in [3.8, 4) is 28.7 Å². The molecule has 0 unspecified atom stereocenters. The van der Waals surface area contributed by atoms with Gasteiger partial charge in [0.1, 0.15) is 5.56 Å². The van der Waals surface area contributed by atoms with E-state index in [4.69, 9.17) is 5.26 Å². The van der Waals surface area contributed by atoms with Gasteiger partial charge in [0.05, 0.1) is 62.5 Å². The summed E-state index contributed by atoms with van der Waals surface area (Å²) in [4.78, 5) is 27.1. The van der Waals surface area contributed by atoms with Crippen LogP contribution >= 0.6 is 0 Å². The molecule has 1 N–H and O–H groups in total. The van der Waals surface area contributed by atoms with Gasteiger partial charge in [-0.05, 0) is 74.4 Å². The molecule has 0 fully saturated rings. The van der Waals surface area contributed by atoms with Crippen molar-refractivity contribution in [1.82, 2.24) is 19.7 Å². The quantitative estimate of drug-likeness (QED) is 0.221. The molecule has 0 bridgehead atoms. The Morgan fingerprint density at radius 2 is 1.74 bits per heavy atom. The molecule has 0 atom stereocenters. The van der Waals surface area contributed by atoms with Crippen molar-refractivity contribution in [1.29, 1.82) is 5.26 Å². The highest BCUT2D eigenvalue weighted by atomic mass is 19.4. The molecule has 11 heteroatoms. The number of unbranched alkanes of at least 4 members (excludes halogenated alkanes) is 1. The number of aromatic nitrogens is 3. The SMILES string of the molecule is Cc1c(-c2ccnn2-c2ccc(C#N)cc2)cc(C(=O)NCCCC[N+](C)(C)C)c(=O)n1-c1cccc(C(F)(F)F)c1. The second-order valence-electron chi connectivity index (χ2n) is 11.0. The molecule has 0 saturated carbocycles. The maximum atomic E-state index is 13.7. The Morgan fingerprint density at radius 1 is 1.02 bits per heavy atom. The number of hydrogen-bond donors (Lipinski definition) is 1. The number of nitriles is 1. The summed E-state index contributed by atoms with van der Waals surface area (Å²) in [5.74, 6) is -0.614. The zero-order valence-electron chi connectivity index (χ0n) is 23.9. The Morgan fingerprint density at radius 3 is 2.38 bits per heavy atom. The zero-order chi connectivity index (χ0) is 30.7. The molecule has 8 nitrogen and oxygen atoms in total. The minimum Gasteiger partial charge on any atom is -0.352 e. The van der Waals surface area contributed by atoms with E-state index in [1.54, 1.807) is 48.1 Å². The Bertz CT molecular complexity index is 1690. The summed E-state index contributed by atoms with van der Waals surface area (Å²) in [5.41, 5.74) is 0.484. The highest BCUT2D eigenvalue weighted by Crippen LogP contribution is 2.32. The van der Waals surface area contributed by atoms with Crippen LogP contribution in [0.1, 0.15) is 40.0 Å². The van der Waals surface area contributed by atoms with Crippen LogP contribution in [-0.2, 0) is 6.18 Å². The van der Waals surface area contributed by atoms with Crippen molar-refractivity contribution in [2.75, 3.05) is 34.2 Å². The first-order chi connectivity index (χ1) is 19.8. The van der Waals surface area contributed by atoms with Crippen molar-refractivity contribution < 1.29 is 22.4 Å². The number of quaternary nitrogens is 1. The van der Waals surface area contributed by atoms with Crippen molar-refractivity contribution >= 4 is 5.91 Å². The average Bonchev–Trinajstić information content (AvgIpc) is 3.42. The van der Waals surface area contributed by atoms with Crippen LogP contribution in [0.4, 0.5) is 13.2 Å². The molecule has 0 aliphatic rings. The predicted molar refractivity (Wildman–Crippen MR) is 154 cm³/mol. The molecule has 4 aromatic rings. The number of pyridine rings is 1. The van der Waals surface area contributed by atoms with Gasteiger partial charge < -0.3 is 9.80 Å². The number of carbonyl (C=O) groups excluding carboxylic acids is 1. The number of halogens is 3. The maximum absolute atomic E-state index is 13.7. The molecule has 1 amide bonds. The third-order valence-electron chi connectivity index (χ3n) is 6.82. The first kappa shape index (κ1) is 30.3. The van der Waals surface area contributed by atoms with E-state index in [-0.39, 0.29) is 11.3 Å². The number of nitrogens with one attached hydrogen (secondary N) is 1. The summed E-state index contributed by atoms with van der Waals surface area (Å²) in [6.07, 6.45) is -1.51. The number of carbonyl (C=O) groups is 1. The molecule has 2 heterocycles. The minimum absolute atomic E-state index is 0.0180. The molecule has 42 heavy (non-hydrogen) atoms. The molecule has 4 rings (SSSR count). The highest BCUT2D eigenvalue weighted by molar-refractivity contribution is 5.95. The van der Waals surface area contributed by atoms with E-state index in [1.165, 1.54) is 18.2 Å². The maximum Gasteiger partial charge on any atom is 0.416 e. The van der Waals surface area contributed by atoms with Crippen molar-refractivity contribution in [2.45, 2.75) is 25.9 Å². The number of amides is 1. The first-order valence-corrected chi connectivity index (χ1v) is 13.4. The van der Waals surface area contributed by atoms with Crippen molar-refractivity contribution in [2.24, 2.45) is 0 Å². The normalized spacial score (nSPS) is 11.8. The fourth-order valence-corrected chi connectivity index (χ4v) is 4.66. The summed E-state index contributed by atoms with van der Waals surface area (Å²) in [7, 11) is 6.22. The van der Waals surface area contributed by atoms with Crippen LogP contribution in [0.3, 0.4) is 0 Å². The standard InChI is InChI=1S/C31H31F3N6O2/c1-21-26(28-14-16-37-39(28)24-12-10-22(20-35)11-13-24)19-27(29(41)36-15-5-6-17-40(2,3)4)30(42)38(21)25-9-7-8-23(18-25)31(32,33)34/h7-14,16,18-19H,5-6,15,17H2,1-4H3/p+1. The highest BCUT2D eigenvalue weighted by Gasteiger charge is 2.31. The van der Waals surface area contributed by atoms with Crippen molar-refractivity contribution in [3.63, 3.8) is 0 Å². The molecular weight excluding hydrogens is 545 g/mol. The van der Waals surface area contributed by atoms with Gasteiger partial charge >= 0.3 is 6.18 Å². The van der Waals surface area contributed by atoms with Crippen LogP contribution in [0.2, 0.25) is 0 Å². The van der Waals surface area contributed by atoms with E-state index >= 15 is 0 Å². The monoisotopic (exact) mass is 577 g/mol. The Labute approximate surface area is 241 Å². The van der Waals surface area contributed by atoms with Gasteiger partial charge in [0, 0.05) is 23.5 Å². The van der Waals surface area contributed by atoms with Gasteiger partial charge in [0.15, 0.2) is 0 Å². The number of rotatable bonds is 9. The zero-order valence-corrected chi connectivity index (χ0v) is 23.9. The van der Waals surface area contributed by atoms with Crippen LogP contribution in [0.25, 0.3) is 22.6 Å². The Balaban J connectivity index is 1.83. The summed E-state index contributed by atoms with van der Waals surface area (Å²) >= 11 is 0. The molecule has 0 saturated heterocycles. The van der Waals surface area contributed by atoms with Gasteiger partial charge in [0.2, 0.25) is 0 Å². The van der Waals surface area contributed by atoms with Crippen LogP contribution in [0, 0.1) is 18.3 Å². The van der Waals surface area contributed by atoms with E-state index in [0.717, 1.165) is 34.1 Å². The lowest BCUT2D eigenvalue weighted by Crippen LogP contribution is -2.36. The second kappa shape index (κ2) is 12.0. The lowest BCUT2D eigenvalue weighted by Gasteiger charge is -2.23. The minimum atomic E-state index is -4.62. The van der Waals surface area contributed by atoms with E-state index in [1.807, 2.05) is 0 Å². The van der Waals surface area contributed by atoms with Gasteiger partial charge in [-0.1, -0.05) is 6.07 Å². The Hall–Kier alpha value is -4.69. The fraction of sp³-hybridized carbons (Fsp3) is 0.290. The number of benzene rings is 2. The lowest BCUT2D eigenvalue weighted by molar-refractivity contribution is -0.870. The molecule has 218 valence electrons. The van der Waals surface area contributed by atoms with Crippen LogP contribution in [0.15, 0.2) is 71.7 Å². The number of nitrogens with zero attached hydrogens (tertiary/aromatic N) is 5. The van der Waals surface area contributed by atoms with E-state index in [2.05, 4.69) is 37.6 Å². The summed E-state index contributed by atoms with van der Waals surface area (Å²) in [6, 6.07) is 16.3. The first-order valence-electron chi connectivity index (χ1n) is 13.4. The average molecular weight is 578 g/mol. The molecule has 0 aliphatic heterocycles. The summed E-state index contributed by atoms with van der Waals surface area (Å²) in [5, 5.41) is 16.3. The predicted octanol–water partition coefficient (Wildman–Crippen LogP) is 5.11. The number of hydrogen-bond acceptors (Lipinski definition) is 4. The molecule has 2 aromatic carbocycles.